The Labute approximate surface area is 154 Å². The molecule has 1 saturated carbocycles. The van der Waals surface area contributed by atoms with E-state index >= 15 is 0 Å². The van der Waals surface area contributed by atoms with Gasteiger partial charge in [0.15, 0.2) is 0 Å². The number of thiazole rings is 1. The van der Waals surface area contributed by atoms with Gasteiger partial charge in [-0.25, -0.2) is 9.97 Å². The second kappa shape index (κ2) is 5.76. The van der Waals surface area contributed by atoms with Crippen molar-refractivity contribution in [2.45, 2.75) is 31.2 Å². The lowest BCUT2D eigenvalue weighted by molar-refractivity contribution is 0.0990. The number of nitrogens with zero attached hydrogens (tertiary/aromatic N) is 5. The highest BCUT2D eigenvalue weighted by Crippen LogP contribution is 2.49. The zero-order valence-corrected chi connectivity index (χ0v) is 15.2. The van der Waals surface area contributed by atoms with Crippen molar-refractivity contribution in [2.75, 3.05) is 24.7 Å². The molecule has 2 fully saturated rings. The maximum atomic E-state index is 9.64. The zero-order chi connectivity index (χ0) is 17.7. The second-order valence-electron chi connectivity index (χ2n) is 6.98. The summed E-state index contributed by atoms with van der Waals surface area (Å²) in [5.74, 6) is 0. The Kier molecular flexibility index (Phi) is 3.48. The molecule has 3 aromatic rings. The predicted octanol–water partition coefficient (Wildman–Crippen LogP) is 2.86. The third-order valence-electron chi connectivity index (χ3n) is 5.21. The van der Waals surface area contributed by atoms with Gasteiger partial charge in [0, 0.05) is 18.8 Å². The molecule has 1 N–H and O–H groups in total. The van der Waals surface area contributed by atoms with Crippen molar-refractivity contribution in [3.05, 3.63) is 24.0 Å². The molecule has 0 bridgehead atoms. The molecule has 1 aliphatic carbocycles. The van der Waals surface area contributed by atoms with Gasteiger partial charge in [-0.3, -0.25) is 5.10 Å². The molecule has 0 aromatic carbocycles. The summed E-state index contributed by atoms with van der Waals surface area (Å²) in [6.07, 6.45) is 3.48. The summed E-state index contributed by atoms with van der Waals surface area (Å²) in [5.41, 5.74) is 3.30. The van der Waals surface area contributed by atoms with E-state index in [0.717, 1.165) is 51.8 Å². The van der Waals surface area contributed by atoms with E-state index in [1.54, 1.807) is 17.5 Å². The van der Waals surface area contributed by atoms with Crippen molar-refractivity contribution < 1.29 is 4.74 Å². The minimum absolute atomic E-state index is 0.261. The molecule has 7 nitrogen and oxygen atoms in total. The Morgan fingerprint density at radius 3 is 3.00 bits per heavy atom. The van der Waals surface area contributed by atoms with Gasteiger partial charge in [-0.1, -0.05) is 11.3 Å². The number of H-pyrrole nitrogens is 1. The summed E-state index contributed by atoms with van der Waals surface area (Å²) >= 11 is 1.54. The normalized spacial score (nSPS) is 21.7. The number of anilines is 1. The van der Waals surface area contributed by atoms with Crippen LogP contribution in [0.4, 0.5) is 5.69 Å². The number of morpholine rings is 1. The predicted molar refractivity (Wildman–Crippen MR) is 99.1 cm³/mol. The molecule has 0 spiro atoms. The Hall–Kier alpha value is -2.50. The molecule has 0 unspecified atom stereocenters. The quantitative estimate of drug-likeness (QED) is 0.766. The Bertz CT molecular complexity index is 1000. The molecule has 26 heavy (non-hydrogen) atoms. The molecule has 3 aromatic heterocycles. The molecule has 5 rings (SSSR count). The zero-order valence-electron chi connectivity index (χ0n) is 14.4. The van der Waals surface area contributed by atoms with Crippen LogP contribution in [0, 0.1) is 11.3 Å². The van der Waals surface area contributed by atoms with Gasteiger partial charge in [0.2, 0.25) is 0 Å². The maximum Gasteiger partial charge on any atom is 0.146 e. The van der Waals surface area contributed by atoms with Crippen LogP contribution in [-0.2, 0) is 10.2 Å². The fourth-order valence-electron chi connectivity index (χ4n) is 3.48. The summed E-state index contributed by atoms with van der Waals surface area (Å²) in [4.78, 5) is 12.9. The average molecular weight is 366 g/mol. The van der Waals surface area contributed by atoms with Gasteiger partial charge in [0.1, 0.15) is 15.4 Å². The van der Waals surface area contributed by atoms with Crippen LogP contribution < -0.4 is 4.90 Å². The highest BCUT2D eigenvalue weighted by Gasteiger charge is 2.47. The van der Waals surface area contributed by atoms with E-state index in [1.165, 1.54) is 0 Å². The first-order valence-electron chi connectivity index (χ1n) is 8.78. The van der Waals surface area contributed by atoms with Gasteiger partial charge in [0.25, 0.3) is 0 Å². The molecular formula is C18H18N6OS. The Morgan fingerprint density at radius 2 is 2.31 bits per heavy atom. The largest absolute Gasteiger partial charge is 0.377 e. The minimum Gasteiger partial charge on any atom is -0.377 e. The van der Waals surface area contributed by atoms with Crippen LogP contribution in [0.1, 0.15) is 25.5 Å². The lowest BCUT2D eigenvalue weighted by Crippen LogP contribution is -2.44. The highest BCUT2D eigenvalue weighted by atomic mass is 32.1. The van der Waals surface area contributed by atoms with Crippen LogP contribution in [0.2, 0.25) is 0 Å². The maximum absolute atomic E-state index is 9.64. The second-order valence-corrected chi connectivity index (χ2v) is 7.96. The van der Waals surface area contributed by atoms with Crippen LogP contribution in [0.5, 0.6) is 0 Å². The SMILES string of the molecule is C[C@@H]1COCCN1c1cc(C2(C#N)CC2)nc2sc(-c3ccn[nH]3)nc12. The number of ether oxygens (including phenoxy) is 1. The summed E-state index contributed by atoms with van der Waals surface area (Å²) in [5, 5.41) is 17.5. The lowest BCUT2D eigenvalue weighted by atomic mass is 10.0. The third kappa shape index (κ3) is 2.39. The molecule has 1 atom stereocenters. The van der Waals surface area contributed by atoms with Crippen molar-refractivity contribution in [1.29, 1.82) is 5.26 Å². The lowest BCUT2D eigenvalue weighted by Gasteiger charge is -2.35. The number of hydrogen-bond acceptors (Lipinski definition) is 7. The summed E-state index contributed by atoms with van der Waals surface area (Å²) in [6, 6.07) is 6.72. The topological polar surface area (TPSA) is 90.7 Å². The number of hydrogen-bond donors (Lipinski definition) is 1. The molecule has 0 amide bonds. The van der Waals surface area contributed by atoms with E-state index in [0.29, 0.717) is 13.2 Å². The van der Waals surface area contributed by atoms with Crippen LogP contribution >= 0.6 is 11.3 Å². The van der Waals surface area contributed by atoms with Crippen LogP contribution in [-0.4, -0.2) is 46.0 Å². The average Bonchev–Trinajstić information content (AvgIpc) is 3.06. The van der Waals surface area contributed by atoms with Gasteiger partial charge in [-0.2, -0.15) is 10.4 Å². The minimum atomic E-state index is -0.420. The van der Waals surface area contributed by atoms with E-state index in [2.05, 4.69) is 34.2 Å². The molecule has 0 radical (unpaired) electrons. The Balaban J connectivity index is 1.71. The van der Waals surface area contributed by atoms with Gasteiger partial charge >= 0.3 is 0 Å². The van der Waals surface area contributed by atoms with Crippen molar-refractivity contribution in [3.63, 3.8) is 0 Å². The van der Waals surface area contributed by atoms with E-state index in [4.69, 9.17) is 14.7 Å². The standard InChI is InChI=1S/C18H18N6OS/c1-11-9-25-7-6-24(11)13-8-14(18(10-19)3-4-18)21-17-15(13)22-16(26-17)12-2-5-20-23-12/h2,5,8,11H,3-4,6-7,9H2,1H3,(H,20,23)/t11-/m1/s1. The first kappa shape index (κ1) is 15.7. The fourth-order valence-corrected chi connectivity index (χ4v) is 4.42. The molecular weight excluding hydrogens is 348 g/mol. The van der Waals surface area contributed by atoms with Crippen molar-refractivity contribution in [3.8, 4) is 16.8 Å². The van der Waals surface area contributed by atoms with Crippen LogP contribution in [0.3, 0.4) is 0 Å². The fraction of sp³-hybridized carbons (Fsp3) is 0.444. The number of fused-ring (bicyclic) bond motifs is 1. The molecule has 8 heteroatoms. The number of aromatic amines is 1. The van der Waals surface area contributed by atoms with Crippen molar-refractivity contribution in [2.24, 2.45) is 0 Å². The van der Waals surface area contributed by atoms with Gasteiger partial charge in [-0.15, -0.1) is 0 Å². The Morgan fingerprint density at radius 1 is 1.42 bits per heavy atom. The van der Waals surface area contributed by atoms with Gasteiger partial charge in [0.05, 0.1) is 41.8 Å². The van der Waals surface area contributed by atoms with E-state index in [9.17, 15) is 5.26 Å². The summed E-state index contributed by atoms with van der Waals surface area (Å²) in [6.45, 7) is 4.37. The number of nitrogens with one attached hydrogen (secondary N) is 1. The van der Waals surface area contributed by atoms with Crippen molar-refractivity contribution >= 4 is 27.4 Å². The summed E-state index contributed by atoms with van der Waals surface area (Å²) < 4.78 is 5.60. The number of aromatic nitrogens is 4. The van der Waals surface area contributed by atoms with Gasteiger partial charge < -0.3 is 9.64 Å². The number of pyridine rings is 1. The number of rotatable bonds is 3. The van der Waals surface area contributed by atoms with Crippen LogP contribution in [0.15, 0.2) is 18.3 Å². The van der Waals surface area contributed by atoms with E-state index in [1.807, 2.05) is 6.07 Å². The smallest absolute Gasteiger partial charge is 0.146 e. The highest BCUT2D eigenvalue weighted by molar-refractivity contribution is 7.21. The third-order valence-corrected chi connectivity index (χ3v) is 6.19. The molecule has 132 valence electrons. The van der Waals surface area contributed by atoms with Gasteiger partial charge in [-0.05, 0) is 31.9 Å². The first-order chi connectivity index (χ1) is 12.7. The summed E-state index contributed by atoms with van der Waals surface area (Å²) in [7, 11) is 0. The molecule has 1 saturated heterocycles. The molecule has 4 heterocycles. The van der Waals surface area contributed by atoms with Crippen molar-refractivity contribution in [1.82, 2.24) is 20.2 Å². The molecule has 2 aliphatic rings. The monoisotopic (exact) mass is 366 g/mol. The first-order valence-corrected chi connectivity index (χ1v) is 9.59. The van der Waals surface area contributed by atoms with E-state index in [-0.39, 0.29) is 6.04 Å². The molecule has 1 aliphatic heterocycles. The number of nitriles is 1. The van der Waals surface area contributed by atoms with Crippen LogP contribution in [0.25, 0.3) is 21.0 Å². The van der Waals surface area contributed by atoms with E-state index < -0.39 is 5.41 Å².